The smallest absolute Gasteiger partial charge is 0.119 e. The van der Waals surface area contributed by atoms with Crippen molar-refractivity contribution in [2.75, 3.05) is 13.1 Å². The number of benzene rings is 1. The molecule has 1 aromatic rings. The molecule has 0 amide bonds. The predicted octanol–water partition coefficient (Wildman–Crippen LogP) is 3.22. The van der Waals surface area contributed by atoms with Gasteiger partial charge in [-0.25, -0.2) is 0 Å². The van der Waals surface area contributed by atoms with E-state index in [0.717, 1.165) is 18.3 Å². The van der Waals surface area contributed by atoms with Crippen LogP contribution in [0.3, 0.4) is 0 Å². The fourth-order valence-electron chi connectivity index (χ4n) is 3.36. The minimum absolute atomic E-state index is 0. The number of rotatable bonds is 4. The van der Waals surface area contributed by atoms with Crippen LogP contribution in [-0.4, -0.2) is 36.2 Å². The van der Waals surface area contributed by atoms with E-state index < -0.39 is 0 Å². The first-order valence-electron chi connectivity index (χ1n) is 7.93. The molecule has 4 heteroatoms. The molecule has 2 aliphatic heterocycles. The SMILES string of the molecule is CC(C)Oc1ccc(CN2CCC3CCC(C2)N3)cc1.Cl. The molecule has 2 saturated heterocycles. The number of nitrogens with zero attached hydrogens (tertiary/aromatic N) is 1. The van der Waals surface area contributed by atoms with Gasteiger partial charge in [0.05, 0.1) is 6.10 Å². The van der Waals surface area contributed by atoms with Gasteiger partial charge in [0, 0.05) is 31.7 Å². The third kappa shape index (κ3) is 4.60. The number of hydrogen-bond donors (Lipinski definition) is 1. The molecule has 3 nitrogen and oxygen atoms in total. The Hall–Kier alpha value is -0.770. The summed E-state index contributed by atoms with van der Waals surface area (Å²) in [6.45, 7) is 7.60. The largest absolute Gasteiger partial charge is 0.491 e. The molecule has 0 aromatic heterocycles. The van der Waals surface area contributed by atoms with E-state index in [-0.39, 0.29) is 18.5 Å². The van der Waals surface area contributed by atoms with Crippen molar-refractivity contribution in [2.24, 2.45) is 0 Å². The van der Waals surface area contributed by atoms with Crippen LogP contribution in [-0.2, 0) is 6.54 Å². The summed E-state index contributed by atoms with van der Waals surface area (Å²) in [5.41, 5.74) is 1.39. The number of halogens is 1. The molecule has 2 heterocycles. The van der Waals surface area contributed by atoms with Gasteiger partial charge in [-0.15, -0.1) is 12.4 Å². The third-order valence-electron chi connectivity index (χ3n) is 4.31. The van der Waals surface area contributed by atoms with Crippen LogP contribution < -0.4 is 10.1 Å². The maximum absolute atomic E-state index is 5.70. The maximum atomic E-state index is 5.70. The van der Waals surface area contributed by atoms with Gasteiger partial charge in [0.25, 0.3) is 0 Å². The fourth-order valence-corrected chi connectivity index (χ4v) is 3.36. The summed E-state index contributed by atoms with van der Waals surface area (Å²) in [6.07, 6.45) is 4.26. The number of likely N-dealkylation sites (tertiary alicyclic amines) is 1. The van der Waals surface area contributed by atoms with E-state index in [4.69, 9.17) is 4.74 Å². The molecule has 118 valence electrons. The summed E-state index contributed by atoms with van der Waals surface area (Å²) in [4.78, 5) is 2.59. The molecule has 1 aromatic carbocycles. The van der Waals surface area contributed by atoms with Crippen LogP contribution in [0.1, 0.15) is 38.7 Å². The lowest BCUT2D eigenvalue weighted by molar-refractivity contribution is 0.241. The molecular formula is C17H27ClN2O. The van der Waals surface area contributed by atoms with Crippen molar-refractivity contribution in [3.8, 4) is 5.75 Å². The van der Waals surface area contributed by atoms with Gasteiger partial charge in [0.1, 0.15) is 5.75 Å². The molecule has 1 N–H and O–H groups in total. The summed E-state index contributed by atoms with van der Waals surface area (Å²) in [5.74, 6) is 0.973. The van der Waals surface area contributed by atoms with Crippen molar-refractivity contribution in [1.29, 1.82) is 0 Å². The molecule has 2 unspecified atom stereocenters. The van der Waals surface area contributed by atoms with E-state index >= 15 is 0 Å². The van der Waals surface area contributed by atoms with E-state index in [1.807, 2.05) is 0 Å². The van der Waals surface area contributed by atoms with Crippen molar-refractivity contribution in [1.82, 2.24) is 10.2 Å². The average molecular weight is 311 g/mol. The second kappa shape index (κ2) is 7.48. The van der Waals surface area contributed by atoms with E-state index in [2.05, 4.69) is 48.3 Å². The summed E-state index contributed by atoms with van der Waals surface area (Å²) in [7, 11) is 0. The molecule has 0 spiro atoms. The van der Waals surface area contributed by atoms with Crippen LogP contribution in [0.15, 0.2) is 24.3 Å². The molecule has 21 heavy (non-hydrogen) atoms. The standard InChI is InChI=1S/C17H26N2O.ClH/c1-13(2)20-17-7-3-14(4-8-17)11-19-10-9-15-5-6-16(12-19)18-15;/h3-4,7-8,13,15-16,18H,5-6,9-12H2,1-2H3;1H. The normalized spacial score (nSPS) is 25.5. The van der Waals surface area contributed by atoms with Crippen molar-refractivity contribution in [2.45, 2.75) is 57.8 Å². The van der Waals surface area contributed by atoms with E-state index in [0.29, 0.717) is 6.04 Å². The Labute approximate surface area is 134 Å². The summed E-state index contributed by atoms with van der Waals surface area (Å²) in [5, 5.41) is 3.74. The number of fused-ring (bicyclic) bond motifs is 2. The van der Waals surface area contributed by atoms with E-state index in [1.54, 1.807) is 0 Å². The second-order valence-corrected chi connectivity index (χ2v) is 6.47. The number of hydrogen-bond acceptors (Lipinski definition) is 3. The first kappa shape index (κ1) is 16.6. The highest BCUT2D eigenvalue weighted by molar-refractivity contribution is 5.85. The molecule has 2 atom stereocenters. The Morgan fingerprint density at radius 1 is 1.14 bits per heavy atom. The molecule has 3 rings (SSSR count). The second-order valence-electron chi connectivity index (χ2n) is 6.47. The van der Waals surface area contributed by atoms with Crippen LogP contribution in [0.2, 0.25) is 0 Å². The Kier molecular flexibility index (Phi) is 5.91. The fraction of sp³-hybridized carbons (Fsp3) is 0.647. The Bertz CT molecular complexity index is 435. The number of ether oxygens (including phenoxy) is 1. The zero-order valence-electron chi connectivity index (χ0n) is 13.0. The maximum Gasteiger partial charge on any atom is 0.119 e. The molecule has 2 bridgehead atoms. The van der Waals surface area contributed by atoms with Crippen LogP contribution in [0.5, 0.6) is 5.75 Å². The van der Waals surface area contributed by atoms with Crippen molar-refractivity contribution >= 4 is 12.4 Å². The van der Waals surface area contributed by atoms with Crippen molar-refractivity contribution in [3.63, 3.8) is 0 Å². The van der Waals surface area contributed by atoms with Crippen LogP contribution in [0.25, 0.3) is 0 Å². The lowest BCUT2D eigenvalue weighted by atomic mass is 10.1. The zero-order valence-corrected chi connectivity index (χ0v) is 13.9. The molecule has 0 radical (unpaired) electrons. The van der Waals surface area contributed by atoms with Gasteiger partial charge in [0.2, 0.25) is 0 Å². The first-order valence-corrected chi connectivity index (χ1v) is 7.93. The van der Waals surface area contributed by atoms with E-state index in [9.17, 15) is 0 Å². The molecule has 2 fully saturated rings. The minimum atomic E-state index is 0. The highest BCUT2D eigenvalue weighted by Gasteiger charge is 2.28. The van der Waals surface area contributed by atoms with Crippen molar-refractivity contribution < 1.29 is 4.74 Å². The topological polar surface area (TPSA) is 24.5 Å². The Morgan fingerprint density at radius 3 is 2.57 bits per heavy atom. The van der Waals surface area contributed by atoms with Crippen LogP contribution >= 0.6 is 12.4 Å². The predicted molar refractivity (Wildman–Crippen MR) is 89.3 cm³/mol. The lowest BCUT2D eigenvalue weighted by Crippen LogP contribution is -2.34. The van der Waals surface area contributed by atoms with Gasteiger partial charge in [0.15, 0.2) is 0 Å². The van der Waals surface area contributed by atoms with E-state index in [1.165, 1.54) is 37.9 Å². The Morgan fingerprint density at radius 2 is 1.86 bits per heavy atom. The zero-order chi connectivity index (χ0) is 13.9. The molecule has 2 aliphatic rings. The molecular weight excluding hydrogens is 284 g/mol. The summed E-state index contributed by atoms with van der Waals surface area (Å²) < 4.78 is 5.70. The first-order chi connectivity index (χ1) is 9.69. The van der Waals surface area contributed by atoms with Gasteiger partial charge >= 0.3 is 0 Å². The third-order valence-corrected chi connectivity index (χ3v) is 4.31. The Balaban J connectivity index is 0.00000161. The molecule has 0 saturated carbocycles. The highest BCUT2D eigenvalue weighted by Crippen LogP contribution is 2.22. The van der Waals surface area contributed by atoms with Crippen LogP contribution in [0, 0.1) is 0 Å². The summed E-state index contributed by atoms with van der Waals surface area (Å²) >= 11 is 0. The van der Waals surface area contributed by atoms with Gasteiger partial charge in [-0.3, -0.25) is 4.90 Å². The average Bonchev–Trinajstić information content (AvgIpc) is 2.74. The quantitative estimate of drug-likeness (QED) is 0.924. The highest BCUT2D eigenvalue weighted by atomic mass is 35.5. The van der Waals surface area contributed by atoms with Gasteiger partial charge in [-0.1, -0.05) is 12.1 Å². The lowest BCUT2D eigenvalue weighted by Gasteiger charge is -2.24. The van der Waals surface area contributed by atoms with Crippen molar-refractivity contribution in [3.05, 3.63) is 29.8 Å². The minimum Gasteiger partial charge on any atom is -0.491 e. The van der Waals surface area contributed by atoms with Gasteiger partial charge in [-0.05, 0) is 50.8 Å². The number of nitrogens with one attached hydrogen (secondary N) is 1. The summed E-state index contributed by atoms with van der Waals surface area (Å²) in [6, 6.07) is 10.1. The van der Waals surface area contributed by atoms with Gasteiger partial charge < -0.3 is 10.1 Å². The van der Waals surface area contributed by atoms with Gasteiger partial charge in [-0.2, -0.15) is 0 Å². The monoisotopic (exact) mass is 310 g/mol. The molecule has 0 aliphatic carbocycles. The van der Waals surface area contributed by atoms with Crippen LogP contribution in [0.4, 0.5) is 0 Å².